The lowest BCUT2D eigenvalue weighted by Crippen LogP contribution is -2.46. The van der Waals surface area contributed by atoms with Crippen molar-refractivity contribution in [2.24, 2.45) is 5.16 Å². The van der Waals surface area contributed by atoms with Crippen LogP contribution in [0.25, 0.3) is 0 Å². The van der Waals surface area contributed by atoms with Gasteiger partial charge in [0.15, 0.2) is 0 Å². The molecule has 1 aromatic carbocycles. The van der Waals surface area contributed by atoms with Crippen LogP contribution in [0.1, 0.15) is 25.3 Å². The van der Waals surface area contributed by atoms with Crippen molar-refractivity contribution in [1.82, 2.24) is 4.90 Å². The Balaban J connectivity index is 2.50. The molecule has 0 aromatic heterocycles. The number of ether oxygens (including phenoxy) is 1. The zero-order valence-corrected chi connectivity index (χ0v) is 17.0. The van der Waals surface area contributed by atoms with Crippen LogP contribution in [0.3, 0.4) is 0 Å². The highest BCUT2D eigenvalue weighted by atomic mass is 32.2. The molecule has 166 valence electrons. The number of oxime groups is 1. The van der Waals surface area contributed by atoms with Crippen LogP contribution in [0.2, 0.25) is 0 Å². The van der Waals surface area contributed by atoms with Gasteiger partial charge in [0, 0.05) is 19.5 Å². The largest absolute Gasteiger partial charge is 0.517 e. The number of carbonyl (C=O) groups excluding carboxylic acids is 2. The molecule has 0 N–H and O–H groups in total. The molecule has 2 amide bonds. The normalized spacial score (nSPS) is 16.5. The van der Waals surface area contributed by atoms with Crippen LogP contribution >= 0.6 is 0 Å². The summed E-state index contributed by atoms with van der Waals surface area (Å²) in [5, 5.41) is 3.63. The van der Waals surface area contributed by atoms with Gasteiger partial charge in [-0.3, -0.25) is 4.79 Å². The number of anilines is 1. The zero-order chi connectivity index (χ0) is 22.5. The summed E-state index contributed by atoms with van der Waals surface area (Å²) in [6.45, 7) is 1.000. The molecule has 0 unspecified atom stereocenters. The molecule has 1 aliphatic heterocycles. The van der Waals surface area contributed by atoms with Gasteiger partial charge in [0.25, 0.3) is 5.91 Å². The smallest absolute Gasteiger partial charge is 0.449 e. The molecule has 0 atom stereocenters. The maximum absolute atomic E-state index is 13.2. The maximum atomic E-state index is 13.2. The number of nitrogens with zero attached hydrogens (tertiary/aromatic N) is 3. The molecule has 9 nitrogen and oxygen atoms in total. The van der Waals surface area contributed by atoms with E-state index in [1.807, 2.05) is 0 Å². The van der Waals surface area contributed by atoms with Gasteiger partial charge in [-0.25, -0.2) is 4.79 Å². The van der Waals surface area contributed by atoms with Crippen LogP contribution in [0, 0.1) is 0 Å². The lowest BCUT2D eigenvalue weighted by Gasteiger charge is -2.30. The SMILES string of the molecule is CCOC(=O)N(c1ccccc1CN1CCCC(=NOC)C1=O)S(=O)(=O)C(F)(F)F. The number of hydrogen-bond donors (Lipinski definition) is 0. The van der Waals surface area contributed by atoms with Gasteiger partial charge in [0.1, 0.15) is 12.8 Å². The quantitative estimate of drug-likeness (QED) is 0.616. The van der Waals surface area contributed by atoms with E-state index in [0.29, 0.717) is 12.8 Å². The van der Waals surface area contributed by atoms with Crippen molar-refractivity contribution in [2.45, 2.75) is 31.8 Å². The molecule has 0 saturated carbocycles. The van der Waals surface area contributed by atoms with Gasteiger partial charge in [-0.2, -0.15) is 25.9 Å². The maximum Gasteiger partial charge on any atom is 0.517 e. The number of likely N-dealkylation sites (tertiary alicyclic amines) is 1. The molecular formula is C17H20F3N3O6S. The van der Waals surface area contributed by atoms with E-state index in [9.17, 15) is 31.2 Å². The number of rotatable bonds is 6. The highest BCUT2D eigenvalue weighted by Crippen LogP contribution is 2.34. The Morgan fingerprint density at radius 2 is 1.97 bits per heavy atom. The number of hydrogen-bond acceptors (Lipinski definition) is 7. The molecule has 2 rings (SSSR count). The molecule has 0 bridgehead atoms. The van der Waals surface area contributed by atoms with Crippen LogP contribution in [-0.2, 0) is 30.9 Å². The van der Waals surface area contributed by atoms with Crippen molar-refractivity contribution in [3.05, 3.63) is 29.8 Å². The summed E-state index contributed by atoms with van der Waals surface area (Å²) in [4.78, 5) is 30.6. The predicted octanol–water partition coefficient (Wildman–Crippen LogP) is 2.62. The highest BCUT2D eigenvalue weighted by Gasteiger charge is 2.53. The Morgan fingerprint density at radius 3 is 2.57 bits per heavy atom. The highest BCUT2D eigenvalue weighted by molar-refractivity contribution is 7.94. The summed E-state index contributed by atoms with van der Waals surface area (Å²) in [5.41, 5.74) is -6.17. The van der Waals surface area contributed by atoms with Crippen LogP contribution in [0.5, 0.6) is 0 Å². The van der Waals surface area contributed by atoms with Gasteiger partial charge in [-0.15, -0.1) is 0 Å². The molecule has 1 saturated heterocycles. The molecule has 1 fully saturated rings. The van der Waals surface area contributed by atoms with E-state index in [2.05, 4.69) is 14.7 Å². The third-order valence-corrected chi connectivity index (χ3v) is 5.53. The number of sulfonamides is 1. The number of carbonyl (C=O) groups is 2. The summed E-state index contributed by atoms with van der Waals surface area (Å²) in [6, 6.07) is 5.07. The fourth-order valence-corrected chi connectivity index (χ4v) is 3.73. The van der Waals surface area contributed by atoms with E-state index >= 15 is 0 Å². The second-order valence-electron chi connectivity index (χ2n) is 6.09. The Bertz CT molecular complexity index is 933. The van der Waals surface area contributed by atoms with Crippen molar-refractivity contribution in [3.8, 4) is 0 Å². The first-order chi connectivity index (χ1) is 14.0. The number of benzene rings is 1. The van der Waals surface area contributed by atoms with Crippen LogP contribution in [0.15, 0.2) is 29.4 Å². The van der Waals surface area contributed by atoms with Crippen molar-refractivity contribution in [1.29, 1.82) is 0 Å². The van der Waals surface area contributed by atoms with Crippen LogP contribution in [-0.4, -0.2) is 56.8 Å². The van der Waals surface area contributed by atoms with Crippen LogP contribution in [0.4, 0.5) is 23.7 Å². The van der Waals surface area contributed by atoms with Crippen molar-refractivity contribution >= 4 is 33.4 Å². The van der Waals surface area contributed by atoms with E-state index in [4.69, 9.17) is 0 Å². The summed E-state index contributed by atoms with van der Waals surface area (Å²) in [6.07, 6.45) is -0.810. The first kappa shape index (κ1) is 23.4. The first-order valence-electron chi connectivity index (χ1n) is 8.80. The standard InChI is InChI=1S/C17H20F3N3O6S/c1-3-29-16(25)23(30(26,27)17(18,19)20)14-9-5-4-7-12(14)11-22-10-6-8-13(15(22)24)21-28-2/h4-5,7,9H,3,6,8,10-11H2,1-2H3. The van der Waals surface area contributed by atoms with E-state index in [0.717, 1.165) is 6.07 Å². The summed E-state index contributed by atoms with van der Waals surface area (Å²) in [5.74, 6) is -0.501. The number of alkyl halides is 3. The Kier molecular flexibility index (Phi) is 7.29. The van der Waals surface area contributed by atoms with E-state index < -0.39 is 37.5 Å². The third-order valence-electron chi connectivity index (χ3n) is 4.12. The second-order valence-corrected chi connectivity index (χ2v) is 7.87. The predicted molar refractivity (Wildman–Crippen MR) is 100 cm³/mol. The molecule has 1 heterocycles. The Morgan fingerprint density at radius 1 is 1.30 bits per heavy atom. The molecular weight excluding hydrogens is 431 g/mol. The van der Waals surface area contributed by atoms with Crippen molar-refractivity contribution in [3.63, 3.8) is 0 Å². The molecule has 0 spiro atoms. The Labute approximate surface area is 171 Å². The molecule has 0 aliphatic carbocycles. The molecule has 13 heteroatoms. The minimum atomic E-state index is -6.10. The number of piperidine rings is 1. The zero-order valence-electron chi connectivity index (χ0n) is 16.2. The minimum Gasteiger partial charge on any atom is -0.449 e. The Hall–Kier alpha value is -2.83. The second kappa shape index (κ2) is 9.32. The van der Waals surface area contributed by atoms with E-state index in [-0.39, 0.29) is 31.0 Å². The lowest BCUT2D eigenvalue weighted by molar-refractivity contribution is -0.125. The topological polar surface area (TPSA) is 106 Å². The van der Waals surface area contributed by atoms with Gasteiger partial charge < -0.3 is 14.5 Å². The molecule has 1 aliphatic rings. The average molecular weight is 451 g/mol. The summed E-state index contributed by atoms with van der Waals surface area (Å²) >= 11 is 0. The first-order valence-corrected chi connectivity index (χ1v) is 10.2. The molecule has 0 radical (unpaired) electrons. The number of amides is 2. The lowest BCUT2D eigenvalue weighted by atomic mass is 10.1. The van der Waals surface area contributed by atoms with E-state index in [1.54, 1.807) is 0 Å². The van der Waals surface area contributed by atoms with Gasteiger partial charge in [-0.1, -0.05) is 23.4 Å². The molecule has 30 heavy (non-hydrogen) atoms. The van der Waals surface area contributed by atoms with Gasteiger partial charge >= 0.3 is 21.6 Å². The number of para-hydroxylation sites is 1. The van der Waals surface area contributed by atoms with Crippen LogP contribution < -0.4 is 4.31 Å². The van der Waals surface area contributed by atoms with Gasteiger partial charge in [0.05, 0.1) is 12.3 Å². The molecule has 1 aromatic rings. The minimum absolute atomic E-state index is 0.00500. The average Bonchev–Trinajstić information content (AvgIpc) is 2.66. The van der Waals surface area contributed by atoms with Gasteiger partial charge in [0.2, 0.25) is 0 Å². The number of halogens is 3. The fourth-order valence-electron chi connectivity index (χ4n) is 2.83. The summed E-state index contributed by atoms with van der Waals surface area (Å²) in [7, 11) is -4.83. The van der Waals surface area contributed by atoms with E-state index in [1.165, 1.54) is 37.1 Å². The van der Waals surface area contributed by atoms with Gasteiger partial charge in [-0.05, 0) is 25.0 Å². The van der Waals surface area contributed by atoms with Crippen molar-refractivity contribution in [2.75, 3.05) is 24.6 Å². The fraction of sp³-hybridized carbons (Fsp3) is 0.471. The van der Waals surface area contributed by atoms with Crippen molar-refractivity contribution < 1.29 is 40.8 Å². The summed E-state index contributed by atoms with van der Waals surface area (Å²) < 4.78 is 68.0. The monoisotopic (exact) mass is 451 g/mol. The third kappa shape index (κ3) is 4.83.